The number of hydrogen-bond acceptors (Lipinski definition) is 5. The molecular formula is C13H10FN5O2. The van der Waals surface area contributed by atoms with E-state index in [1.54, 1.807) is 0 Å². The van der Waals surface area contributed by atoms with Gasteiger partial charge in [0.05, 0.1) is 25.1 Å². The van der Waals surface area contributed by atoms with Crippen molar-refractivity contribution in [1.82, 2.24) is 24.6 Å². The standard InChI is InChI=1S/C13H10FN5O2/c14-8-3-7(4-15-5-8)11-16-12-9-6-21-2-1-10(9)18-19(12)13(20)17-11/h3-5H,1-2,6H2,(H,16,17,20). The zero-order valence-corrected chi connectivity index (χ0v) is 10.8. The van der Waals surface area contributed by atoms with Crippen molar-refractivity contribution in [2.45, 2.75) is 13.0 Å². The average Bonchev–Trinajstić information content (AvgIpc) is 2.87. The molecule has 0 spiro atoms. The third-order valence-electron chi connectivity index (χ3n) is 3.38. The van der Waals surface area contributed by atoms with Crippen molar-refractivity contribution in [1.29, 1.82) is 0 Å². The Morgan fingerprint density at radius 1 is 1.38 bits per heavy atom. The highest BCUT2D eigenvalue weighted by Gasteiger charge is 2.20. The highest BCUT2D eigenvalue weighted by Crippen LogP contribution is 2.21. The minimum Gasteiger partial charge on any atom is -0.376 e. The molecular weight excluding hydrogens is 277 g/mol. The van der Waals surface area contributed by atoms with Crippen LogP contribution in [-0.2, 0) is 17.8 Å². The van der Waals surface area contributed by atoms with Gasteiger partial charge >= 0.3 is 5.69 Å². The number of H-pyrrole nitrogens is 1. The first-order valence-corrected chi connectivity index (χ1v) is 6.42. The van der Waals surface area contributed by atoms with Gasteiger partial charge in [-0.15, -0.1) is 0 Å². The quantitative estimate of drug-likeness (QED) is 0.712. The molecule has 4 rings (SSSR count). The van der Waals surface area contributed by atoms with Crippen LogP contribution in [0.1, 0.15) is 11.3 Å². The third kappa shape index (κ3) is 1.91. The second kappa shape index (κ2) is 4.45. The van der Waals surface area contributed by atoms with E-state index in [1.165, 1.54) is 16.8 Å². The van der Waals surface area contributed by atoms with E-state index >= 15 is 0 Å². The lowest BCUT2D eigenvalue weighted by Gasteiger charge is -2.09. The second-order valence-electron chi connectivity index (χ2n) is 4.75. The summed E-state index contributed by atoms with van der Waals surface area (Å²) in [5.74, 6) is -0.235. The van der Waals surface area contributed by atoms with Gasteiger partial charge in [0, 0.05) is 23.7 Å². The molecule has 0 radical (unpaired) electrons. The van der Waals surface area contributed by atoms with Gasteiger partial charge in [-0.05, 0) is 6.07 Å². The zero-order chi connectivity index (χ0) is 14.4. The van der Waals surface area contributed by atoms with Crippen LogP contribution in [-0.4, -0.2) is 31.2 Å². The van der Waals surface area contributed by atoms with Gasteiger partial charge in [-0.25, -0.2) is 14.2 Å². The third-order valence-corrected chi connectivity index (χ3v) is 3.38. The van der Waals surface area contributed by atoms with Crippen LogP contribution in [0.3, 0.4) is 0 Å². The lowest BCUT2D eigenvalue weighted by molar-refractivity contribution is 0.111. The van der Waals surface area contributed by atoms with E-state index in [1.807, 2.05) is 0 Å². The molecule has 7 nitrogen and oxygen atoms in total. The van der Waals surface area contributed by atoms with Gasteiger partial charge in [-0.2, -0.15) is 9.61 Å². The van der Waals surface area contributed by atoms with Gasteiger partial charge in [-0.3, -0.25) is 9.97 Å². The first-order chi connectivity index (χ1) is 10.2. The van der Waals surface area contributed by atoms with Crippen LogP contribution in [0.25, 0.3) is 17.0 Å². The fourth-order valence-corrected chi connectivity index (χ4v) is 2.40. The predicted octanol–water partition coefficient (Wildman–Crippen LogP) is 0.691. The molecule has 0 amide bonds. The Balaban J connectivity index is 1.98. The number of aromatic nitrogens is 5. The average molecular weight is 287 g/mol. The van der Waals surface area contributed by atoms with Crippen molar-refractivity contribution in [2.24, 2.45) is 0 Å². The molecule has 0 saturated heterocycles. The van der Waals surface area contributed by atoms with Crippen molar-refractivity contribution in [3.8, 4) is 11.4 Å². The molecule has 4 heterocycles. The number of nitrogens with one attached hydrogen (secondary N) is 1. The van der Waals surface area contributed by atoms with E-state index in [-0.39, 0.29) is 5.82 Å². The molecule has 3 aromatic heterocycles. The number of nitrogens with zero attached hydrogens (tertiary/aromatic N) is 4. The van der Waals surface area contributed by atoms with Crippen LogP contribution in [0, 0.1) is 5.82 Å². The maximum atomic E-state index is 13.3. The number of fused-ring (bicyclic) bond motifs is 3. The Kier molecular flexibility index (Phi) is 2.58. The Bertz CT molecular complexity index is 901. The fraction of sp³-hybridized carbons (Fsp3) is 0.231. The van der Waals surface area contributed by atoms with Crippen LogP contribution in [0.5, 0.6) is 0 Å². The van der Waals surface area contributed by atoms with Crippen molar-refractivity contribution >= 4 is 5.65 Å². The van der Waals surface area contributed by atoms with E-state index in [0.717, 1.165) is 17.5 Å². The summed E-state index contributed by atoms with van der Waals surface area (Å²) in [5, 5.41) is 4.25. The fourth-order valence-electron chi connectivity index (χ4n) is 2.40. The Morgan fingerprint density at radius 3 is 3.14 bits per heavy atom. The summed E-state index contributed by atoms with van der Waals surface area (Å²) in [6.07, 6.45) is 3.18. The summed E-state index contributed by atoms with van der Waals surface area (Å²) in [6, 6.07) is 1.26. The smallest absolute Gasteiger partial charge is 0.349 e. The first kappa shape index (κ1) is 12.2. The minimum absolute atomic E-state index is 0.257. The highest BCUT2D eigenvalue weighted by molar-refractivity contribution is 5.59. The minimum atomic E-state index is -0.492. The lowest BCUT2D eigenvalue weighted by Crippen LogP contribution is -2.19. The van der Waals surface area contributed by atoms with Gasteiger partial charge in [0.1, 0.15) is 11.6 Å². The zero-order valence-electron chi connectivity index (χ0n) is 10.8. The summed E-state index contributed by atoms with van der Waals surface area (Å²) in [4.78, 5) is 22.9. The maximum Gasteiger partial charge on any atom is 0.349 e. The molecule has 21 heavy (non-hydrogen) atoms. The van der Waals surface area contributed by atoms with Gasteiger partial charge in [0.15, 0.2) is 5.65 Å². The van der Waals surface area contributed by atoms with Crippen molar-refractivity contribution in [2.75, 3.05) is 6.61 Å². The van der Waals surface area contributed by atoms with Crippen LogP contribution in [0.4, 0.5) is 4.39 Å². The van der Waals surface area contributed by atoms with Crippen molar-refractivity contribution < 1.29 is 9.13 Å². The molecule has 0 bridgehead atoms. The molecule has 1 aliphatic heterocycles. The lowest BCUT2D eigenvalue weighted by atomic mass is 10.1. The van der Waals surface area contributed by atoms with Crippen molar-refractivity contribution in [3.63, 3.8) is 0 Å². The van der Waals surface area contributed by atoms with E-state index < -0.39 is 11.5 Å². The maximum absolute atomic E-state index is 13.3. The second-order valence-corrected chi connectivity index (χ2v) is 4.75. The van der Waals surface area contributed by atoms with E-state index in [0.29, 0.717) is 30.8 Å². The summed E-state index contributed by atoms with van der Waals surface area (Å²) >= 11 is 0. The molecule has 0 fully saturated rings. The monoisotopic (exact) mass is 287 g/mol. The highest BCUT2D eigenvalue weighted by atomic mass is 19.1. The SMILES string of the molecule is O=c1[nH]c(-c2cncc(F)c2)nc2c3c(nn12)CCOC3. The summed E-state index contributed by atoms with van der Waals surface area (Å²) in [7, 11) is 0. The van der Waals surface area contributed by atoms with Gasteiger partial charge in [0.25, 0.3) is 0 Å². The Labute approximate surface area is 117 Å². The molecule has 0 unspecified atom stereocenters. The van der Waals surface area contributed by atoms with Gasteiger partial charge < -0.3 is 4.74 Å². The summed E-state index contributed by atoms with van der Waals surface area (Å²) in [5.41, 5.74) is 2.04. The van der Waals surface area contributed by atoms with Gasteiger partial charge in [-0.1, -0.05) is 0 Å². The molecule has 1 aliphatic rings. The molecule has 1 N–H and O–H groups in total. The van der Waals surface area contributed by atoms with Gasteiger partial charge in [0.2, 0.25) is 0 Å². The summed E-state index contributed by atoms with van der Waals surface area (Å²) in [6.45, 7) is 0.950. The predicted molar refractivity (Wildman–Crippen MR) is 70.2 cm³/mol. The van der Waals surface area contributed by atoms with E-state index in [2.05, 4.69) is 20.1 Å². The first-order valence-electron chi connectivity index (χ1n) is 6.42. The molecule has 0 aliphatic carbocycles. The topological polar surface area (TPSA) is 85.2 Å². The Hall–Kier alpha value is -2.61. The molecule has 0 saturated carbocycles. The number of hydrogen-bond donors (Lipinski definition) is 1. The van der Waals surface area contributed by atoms with E-state index in [9.17, 15) is 9.18 Å². The number of ether oxygens (including phenoxy) is 1. The number of rotatable bonds is 1. The number of aromatic amines is 1. The molecule has 0 atom stereocenters. The Morgan fingerprint density at radius 2 is 2.29 bits per heavy atom. The summed E-state index contributed by atoms with van der Waals surface area (Å²) < 4.78 is 19.9. The number of pyridine rings is 1. The largest absolute Gasteiger partial charge is 0.376 e. The van der Waals surface area contributed by atoms with Crippen LogP contribution >= 0.6 is 0 Å². The van der Waals surface area contributed by atoms with E-state index in [4.69, 9.17) is 4.74 Å². The molecule has 8 heteroatoms. The van der Waals surface area contributed by atoms with Crippen molar-refractivity contribution in [3.05, 3.63) is 46.0 Å². The van der Waals surface area contributed by atoms with Crippen LogP contribution in [0.2, 0.25) is 0 Å². The molecule has 3 aromatic rings. The normalized spacial score (nSPS) is 14.3. The van der Waals surface area contributed by atoms with Crippen LogP contribution < -0.4 is 5.69 Å². The molecule has 0 aromatic carbocycles. The molecule has 106 valence electrons. The van der Waals surface area contributed by atoms with Crippen LogP contribution in [0.15, 0.2) is 23.3 Å². The number of halogens is 1.